The van der Waals surface area contributed by atoms with Crippen LogP contribution in [-0.4, -0.2) is 11.6 Å². The molecule has 0 atom stereocenters. The van der Waals surface area contributed by atoms with E-state index in [1.807, 2.05) is 37.3 Å². The summed E-state index contributed by atoms with van der Waals surface area (Å²) >= 11 is 0. The first-order valence-electron chi connectivity index (χ1n) is 5.63. The standard InChI is InChI=1S/C14H14N2O2/c1-10-8-9-13(18-10)14(17)16-15-11(2)12-6-4-3-5-7-12/h3-9H,1-2H3,(H,16,17)/b15-11-. The van der Waals surface area contributed by atoms with E-state index >= 15 is 0 Å². The maximum atomic E-state index is 11.7. The minimum absolute atomic E-state index is 0.261. The van der Waals surface area contributed by atoms with E-state index in [9.17, 15) is 4.79 Å². The average molecular weight is 242 g/mol. The number of hydrazone groups is 1. The van der Waals surface area contributed by atoms with Crippen molar-refractivity contribution >= 4 is 11.6 Å². The molecule has 0 saturated heterocycles. The zero-order chi connectivity index (χ0) is 13.0. The van der Waals surface area contributed by atoms with E-state index in [1.165, 1.54) is 0 Å². The van der Waals surface area contributed by atoms with Crippen LogP contribution < -0.4 is 5.43 Å². The average Bonchev–Trinajstić information content (AvgIpc) is 2.83. The molecule has 1 amide bonds. The smallest absolute Gasteiger partial charge is 0.307 e. The van der Waals surface area contributed by atoms with Crippen LogP contribution in [0.15, 0.2) is 52.0 Å². The number of nitrogens with one attached hydrogen (secondary N) is 1. The van der Waals surface area contributed by atoms with Gasteiger partial charge in [0, 0.05) is 0 Å². The Bertz CT molecular complexity index is 570. The minimum Gasteiger partial charge on any atom is -0.456 e. The second-order valence-electron chi connectivity index (χ2n) is 3.91. The van der Waals surface area contributed by atoms with Gasteiger partial charge in [-0.1, -0.05) is 30.3 Å². The lowest BCUT2D eigenvalue weighted by molar-refractivity contribution is 0.0926. The lowest BCUT2D eigenvalue weighted by Crippen LogP contribution is -2.18. The van der Waals surface area contributed by atoms with Crippen molar-refractivity contribution in [2.45, 2.75) is 13.8 Å². The Labute approximate surface area is 105 Å². The maximum Gasteiger partial charge on any atom is 0.307 e. The Morgan fingerprint density at radius 3 is 2.50 bits per heavy atom. The third-order valence-electron chi connectivity index (χ3n) is 2.48. The molecule has 0 fully saturated rings. The molecule has 0 radical (unpaired) electrons. The van der Waals surface area contributed by atoms with Gasteiger partial charge in [0.2, 0.25) is 0 Å². The molecule has 4 nitrogen and oxygen atoms in total. The van der Waals surface area contributed by atoms with Gasteiger partial charge < -0.3 is 4.42 Å². The fraction of sp³-hybridized carbons (Fsp3) is 0.143. The van der Waals surface area contributed by atoms with Crippen LogP contribution in [0.1, 0.15) is 28.8 Å². The van der Waals surface area contributed by atoms with E-state index in [4.69, 9.17) is 4.42 Å². The molecule has 0 aliphatic rings. The van der Waals surface area contributed by atoms with E-state index in [0.29, 0.717) is 5.76 Å². The van der Waals surface area contributed by atoms with Crippen LogP contribution in [0.25, 0.3) is 0 Å². The molecule has 0 aliphatic carbocycles. The molecule has 1 N–H and O–H groups in total. The highest BCUT2D eigenvalue weighted by Crippen LogP contribution is 2.06. The summed E-state index contributed by atoms with van der Waals surface area (Å²) < 4.78 is 5.20. The van der Waals surface area contributed by atoms with Crippen LogP contribution in [0.3, 0.4) is 0 Å². The molecule has 1 aromatic carbocycles. The van der Waals surface area contributed by atoms with Gasteiger partial charge in [-0.25, -0.2) is 5.43 Å². The molecular formula is C14H14N2O2. The monoisotopic (exact) mass is 242 g/mol. The third kappa shape index (κ3) is 2.85. The lowest BCUT2D eigenvalue weighted by Gasteiger charge is -2.01. The molecule has 0 spiro atoms. The summed E-state index contributed by atoms with van der Waals surface area (Å²) in [6, 6.07) is 13.0. The van der Waals surface area contributed by atoms with Crippen molar-refractivity contribution in [1.29, 1.82) is 0 Å². The normalized spacial score (nSPS) is 11.3. The van der Waals surface area contributed by atoms with E-state index in [0.717, 1.165) is 11.3 Å². The first-order chi connectivity index (χ1) is 8.66. The van der Waals surface area contributed by atoms with Crippen molar-refractivity contribution in [3.63, 3.8) is 0 Å². The number of carbonyl (C=O) groups excluding carboxylic acids is 1. The first kappa shape index (κ1) is 12.1. The summed E-state index contributed by atoms with van der Waals surface area (Å²) in [5.74, 6) is 0.611. The third-order valence-corrected chi connectivity index (χ3v) is 2.48. The number of aryl methyl sites for hydroxylation is 1. The number of benzene rings is 1. The summed E-state index contributed by atoms with van der Waals surface area (Å²) in [6.07, 6.45) is 0. The number of hydrogen-bond donors (Lipinski definition) is 1. The van der Waals surface area contributed by atoms with Crippen LogP contribution in [-0.2, 0) is 0 Å². The van der Waals surface area contributed by atoms with E-state index in [1.54, 1.807) is 19.1 Å². The number of carbonyl (C=O) groups is 1. The molecule has 92 valence electrons. The number of hydrogen-bond acceptors (Lipinski definition) is 3. The summed E-state index contributed by atoms with van der Waals surface area (Å²) in [7, 11) is 0. The van der Waals surface area contributed by atoms with Gasteiger partial charge in [-0.3, -0.25) is 4.79 Å². The van der Waals surface area contributed by atoms with Crippen molar-refractivity contribution in [2.24, 2.45) is 5.10 Å². The molecule has 2 aromatic rings. The Balaban J connectivity index is 2.05. The second kappa shape index (κ2) is 5.31. The van der Waals surface area contributed by atoms with Crippen molar-refractivity contribution in [3.8, 4) is 0 Å². The van der Waals surface area contributed by atoms with Gasteiger partial charge in [-0.05, 0) is 31.5 Å². The van der Waals surface area contributed by atoms with Gasteiger partial charge in [0.05, 0.1) is 5.71 Å². The van der Waals surface area contributed by atoms with Crippen molar-refractivity contribution in [3.05, 3.63) is 59.5 Å². The van der Waals surface area contributed by atoms with Crippen LogP contribution in [0.2, 0.25) is 0 Å². The van der Waals surface area contributed by atoms with Crippen LogP contribution in [0.4, 0.5) is 0 Å². The topological polar surface area (TPSA) is 54.6 Å². The summed E-state index contributed by atoms with van der Waals surface area (Å²) in [5, 5.41) is 4.04. The molecule has 0 unspecified atom stereocenters. The molecule has 4 heteroatoms. The summed E-state index contributed by atoms with van der Waals surface area (Å²) in [6.45, 7) is 3.62. The zero-order valence-corrected chi connectivity index (χ0v) is 10.3. The molecule has 1 aromatic heterocycles. The Kier molecular flexibility index (Phi) is 3.57. The molecule has 0 bridgehead atoms. The van der Waals surface area contributed by atoms with Gasteiger partial charge in [0.25, 0.3) is 0 Å². The van der Waals surface area contributed by atoms with Gasteiger partial charge in [0.1, 0.15) is 5.76 Å². The van der Waals surface area contributed by atoms with Gasteiger partial charge in [-0.2, -0.15) is 5.10 Å². The van der Waals surface area contributed by atoms with Crippen molar-refractivity contribution in [2.75, 3.05) is 0 Å². The number of amides is 1. The molecule has 1 heterocycles. The number of furan rings is 1. The van der Waals surface area contributed by atoms with E-state index in [2.05, 4.69) is 10.5 Å². The highest BCUT2D eigenvalue weighted by atomic mass is 16.3. The van der Waals surface area contributed by atoms with Crippen LogP contribution in [0.5, 0.6) is 0 Å². The number of nitrogens with zero attached hydrogens (tertiary/aromatic N) is 1. The fourth-order valence-corrected chi connectivity index (χ4v) is 1.49. The first-order valence-corrected chi connectivity index (χ1v) is 5.63. The van der Waals surface area contributed by atoms with Crippen molar-refractivity contribution in [1.82, 2.24) is 5.43 Å². The van der Waals surface area contributed by atoms with Gasteiger partial charge in [-0.15, -0.1) is 0 Å². The summed E-state index contributed by atoms with van der Waals surface area (Å²) in [4.78, 5) is 11.7. The highest BCUT2D eigenvalue weighted by Gasteiger charge is 2.08. The Morgan fingerprint density at radius 2 is 1.89 bits per heavy atom. The van der Waals surface area contributed by atoms with Gasteiger partial charge in [0.15, 0.2) is 5.76 Å². The largest absolute Gasteiger partial charge is 0.456 e. The van der Waals surface area contributed by atoms with Crippen LogP contribution >= 0.6 is 0 Å². The lowest BCUT2D eigenvalue weighted by atomic mass is 10.1. The predicted octanol–water partition coefficient (Wildman–Crippen LogP) is 2.74. The van der Waals surface area contributed by atoms with E-state index < -0.39 is 0 Å². The molecule has 0 aliphatic heterocycles. The molecule has 2 rings (SSSR count). The Morgan fingerprint density at radius 1 is 1.17 bits per heavy atom. The summed E-state index contributed by atoms with van der Waals surface area (Å²) in [5.41, 5.74) is 4.17. The van der Waals surface area contributed by atoms with Gasteiger partial charge >= 0.3 is 5.91 Å². The minimum atomic E-state index is -0.349. The molecule has 18 heavy (non-hydrogen) atoms. The Hall–Kier alpha value is -2.36. The predicted molar refractivity (Wildman–Crippen MR) is 69.6 cm³/mol. The quantitative estimate of drug-likeness (QED) is 0.664. The second-order valence-corrected chi connectivity index (χ2v) is 3.91. The molecular weight excluding hydrogens is 228 g/mol. The highest BCUT2D eigenvalue weighted by molar-refractivity contribution is 6.00. The van der Waals surface area contributed by atoms with Crippen molar-refractivity contribution < 1.29 is 9.21 Å². The van der Waals surface area contributed by atoms with E-state index in [-0.39, 0.29) is 11.7 Å². The maximum absolute atomic E-state index is 11.7. The van der Waals surface area contributed by atoms with Crippen LogP contribution in [0, 0.1) is 6.92 Å². The molecule has 0 saturated carbocycles. The number of rotatable bonds is 3. The zero-order valence-electron chi connectivity index (χ0n) is 10.3. The fourth-order valence-electron chi connectivity index (χ4n) is 1.49. The SMILES string of the molecule is C/C(=N/NC(=O)c1ccc(C)o1)c1ccccc1.